The van der Waals surface area contributed by atoms with Gasteiger partial charge < -0.3 is 19.8 Å². The number of hydrogen-bond donors (Lipinski definition) is 2. The van der Waals surface area contributed by atoms with E-state index in [4.69, 9.17) is 9.47 Å². The monoisotopic (exact) mass is 312 g/mol. The molecule has 1 unspecified atom stereocenters. The molecule has 2 aliphatic rings. The summed E-state index contributed by atoms with van der Waals surface area (Å²) >= 11 is 0. The number of ether oxygens (including phenoxy) is 2. The number of rotatable bonds is 4. The molecule has 5 heteroatoms. The number of methoxy groups -OCH3 is 1. The van der Waals surface area contributed by atoms with Crippen molar-refractivity contribution in [2.45, 2.75) is 31.2 Å². The first kappa shape index (κ1) is 14.2. The largest absolute Gasteiger partial charge is 0.493 e. The van der Waals surface area contributed by atoms with Gasteiger partial charge in [-0.25, -0.2) is 0 Å². The molecule has 1 fully saturated rings. The van der Waals surface area contributed by atoms with Crippen LogP contribution in [0.5, 0.6) is 11.5 Å². The third kappa shape index (κ3) is 2.67. The van der Waals surface area contributed by atoms with Crippen molar-refractivity contribution in [3.8, 4) is 11.5 Å². The van der Waals surface area contributed by atoms with E-state index in [0.29, 0.717) is 12.5 Å². The second-order valence-electron chi connectivity index (χ2n) is 6.21. The summed E-state index contributed by atoms with van der Waals surface area (Å²) in [5.74, 6) is 2.04. The van der Waals surface area contributed by atoms with Crippen molar-refractivity contribution in [2.24, 2.45) is 0 Å². The first-order valence-corrected chi connectivity index (χ1v) is 8.03. The Kier molecular flexibility index (Phi) is 3.48. The van der Waals surface area contributed by atoms with E-state index in [9.17, 15) is 4.79 Å². The molecule has 4 rings (SSSR count). The fourth-order valence-corrected chi connectivity index (χ4v) is 3.20. The molecular weight excluding hydrogens is 292 g/mol. The zero-order chi connectivity index (χ0) is 15.8. The summed E-state index contributed by atoms with van der Waals surface area (Å²) in [4.78, 5) is 15.8. The first-order valence-electron chi connectivity index (χ1n) is 8.03. The lowest BCUT2D eigenvalue weighted by Gasteiger charge is -2.27. The number of para-hydroxylation sites is 1. The van der Waals surface area contributed by atoms with Crippen LogP contribution < -0.4 is 14.8 Å². The second kappa shape index (κ2) is 5.65. The van der Waals surface area contributed by atoms with E-state index in [-0.39, 0.29) is 11.9 Å². The van der Waals surface area contributed by atoms with E-state index in [1.54, 1.807) is 7.11 Å². The molecular formula is C18H20N2O3. The molecule has 1 atom stereocenters. The third-order valence-electron chi connectivity index (χ3n) is 4.52. The summed E-state index contributed by atoms with van der Waals surface area (Å²) in [5.41, 5.74) is 2.91. The Labute approximate surface area is 135 Å². The number of nitrogens with one attached hydrogen (secondary N) is 2. The highest BCUT2D eigenvalue weighted by Gasteiger charge is 2.30. The van der Waals surface area contributed by atoms with Gasteiger partial charge in [0.15, 0.2) is 11.5 Å². The normalized spacial score (nSPS) is 19.6. The smallest absolute Gasteiger partial charge is 0.253 e. The van der Waals surface area contributed by atoms with Gasteiger partial charge in [0.25, 0.3) is 5.91 Å². The van der Waals surface area contributed by atoms with Crippen molar-refractivity contribution >= 4 is 5.91 Å². The molecule has 1 amide bonds. The van der Waals surface area contributed by atoms with Crippen LogP contribution in [-0.4, -0.2) is 30.6 Å². The minimum Gasteiger partial charge on any atom is -0.493 e. The van der Waals surface area contributed by atoms with Crippen molar-refractivity contribution < 1.29 is 14.3 Å². The summed E-state index contributed by atoms with van der Waals surface area (Å²) in [6, 6.07) is 7.69. The summed E-state index contributed by atoms with van der Waals surface area (Å²) in [6.45, 7) is 0.461. The lowest BCUT2D eigenvalue weighted by molar-refractivity contribution is 0.0913. The number of hydrogen-bond acceptors (Lipinski definition) is 3. The van der Waals surface area contributed by atoms with Crippen molar-refractivity contribution in [2.75, 3.05) is 13.7 Å². The van der Waals surface area contributed by atoms with Crippen molar-refractivity contribution in [3.63, 3.8) is 0 Å². The van der Waals surface area contributed by atoms with E-state index in [1.807, 2.05) is 30.5 Å². The molecule has 0 radical (unpaired) electrons. The summed E-state index contributed by atoms with van der Waals surface area (Å²) in [5, 5.41) is 3.10. The molecule has 1 aliphatic heterocycles. The van der Waals surface area contributed by atoms with Crippen LogP contribution in [0.1, 0.15) is 40.4 Å². The molecule has 1 aromatic carbocycles. The zero-order valence-electron chi connectivity index (χ0n) is 13.1. The van der Waals surface area contributed by atoms with Crippen LogP contribution in [0, 0.1) is 0 Å². The maximum absolute atomic E-state index is 12.6. The van der Waals surface area contributed by atoms with Crippen LogP contribution >= 0.6 is 0 Å². The summed E-state index contributed by atoms with van der Waals surface area (Å²) in [7, 11) is 1.64. The Balaban J connectivity index is 1.47. The fraction of sp³-hybridized carbons (Fsp3) is 0.389. The Hall–Kier alpha value is -2.43. The van der Waals surface area contributed by atoms with E-state index in [0.717, 1.165) is 34.7 Å². The molecule has 2 N–H and O–H groups in total. The van der Waals surface area contributed by atoms with Crippen LogP contribution in [0.4, 0.5) is 0 Å². The molecule has 1 saturated carbocycles. The van der Waals surface area contributed by atoms with E-state index in [1.165, 1.54) is 12.8 Å². The quantitative estimate of drug-likeness (QED) is 0.912. The van der Waals surface area contributed by atoms with Gasteiger partial charge in [-0.2, -0.15) is 0 Å². The van der Waals surface area contributed by atoms with Crippen molar-refractivity contribution in [3.05, 3.63) is 47.3 Å². The molecule has 0 bridgehead atoms. The number of aromatic nitrogens is 1. The molecule has 2 heterocycles. The van der Waals surface area contributed by atoms with Gasteiger partial charge in [-0.3, -0.25) is 4.79 Å². The standard InChI is InChI=1S/C18H20N2O3/c1-22-15-4-2-3-12-9-13(10-23-17(12)15)20-18(21)14-7-8-19-16(14)11-5-6-11/h2-4,7-8,11,13,19H,5-6,9-10H2,1H3,(H,20,21). The predicted octanol–water partition coefficient (Wildman–Crippen LogP) is 2.63. The number of carbonyl (C=O) groups is 1. The third-order valence-corrected chi connectivity index (χ3v) is 4.52. The van der Waals surface area contributed by atoms with Crippen LogP contribution in [0.2, 0.25) is 0 Å². The Morgan fingerprint density at radius 3 is 3.00 bits per heavy atom. The first-order chi connectivity index (χ1) is 11.3. The van der Waals surface area contributed by atoms with Crippen LogP contribution in [0.15, 0.2) is 30.5 Å². The van der Waals surface area contributed by atoms with Crippen LogP contribution in [-0.2, 0) is 6.42 Å². The molecule has 120 valence electrons. The van der Waals surface area contributed by atoms with Crippen molar-refractivity contribution in [1.29, 1.82) is 0 Å². The van der Waals surface area contributed by atoms with E-state index < -0.39 is 0 Å². The number of carbonyl (C=O) groups excluding carboxylic acids is 1. The lowest BCUT2D eigenvalue weighted by atomic mass is 10.0. The highest BCUT2D eigenvalue weighted by Crippen LogP contribution is 2.41. The van der Waals surface area contributed by atoms with Gasteiger partial charge in [-0.15, -0.1) is 0 Å². The number of aromatic amines is 1. The van der Waals surface area contributed by atoms with Gasteiger partial charge in [0.1, 0.15) is 6.61 Å². The molecule has 0 saturated heterocycles. The Morgan fingerprint density at radius 2 is 2.22 bits per heavy atom. The Morgan fingerprint density at radius 1 is 1.35 bits per heavy atom. The van der Waals surface area contributed by atoms with E-state index in [2.05, 4.69) is 10.3 Å². The average molecular weight is 312 g/mol. The predicted molar refractivity (Wildman–Crippen MR) is 86.2 cm³/mol. The minimum atomic E-state index is -0.0240. The summed E-state index contributed by atoms with van der Waals surface area (Å²) < 4.78 is 11.1. The Bertz CT molecular complexity index is 734. The molecule has 0 spiro atoms. The fourth-order valence-electron chi connectivity index (χ4n) is 3.20. The minimum absolute atomic E-state index is 0.0203. The molecule has 23 heavy (non-hydrogen) atoms. The second-order valence-corrected chi connectivity index (χ2v) is 6.21. The zero-order valence-corrected chi connectivity index (χ0v) is 13.1. The maximum atomic E-state index is 12.6. The van der Waals surface area contributed by atoms with Crippen LogP contribution in [0.3, 0.4) is 0 Å². The molecule has 5 nitrogen and oxygen atoms in total. The van der Waals surface area contributed by atoms with Gasteiger partial charge in [0.05, 0.1) is 18.7 Å². The highest BCUT2D eigenvalue weighted by atomic mass is 16.5. The molecule has 1 aromatic heterocycles. The van der Waals surface area contributed by atoms with Gasteiger partial charge in [0, 0.05) is 17.5 Å². The number of fused-ring (bicyclic) bond motifs is 1. The van der Waals surface area contributed by atoms with Gasteiger partial charge in [-0.05, 0) is 37.3 Å². The molecule has 1 aliphatic carbocycles. The van der Waals surface area contributed by atoms with E-state index >= 15 is 0 Å². The summed E-state index contributed by atoms with van der Waals surface area (Å²) in [6.07, 6.45) is 4.93. The highest BCUT2D eigenvalue weighted by molar-refractivity contribution is 5.96. The number of benzene rings is 1. The van der Waals surface area contributed by atoms with Crippen molar-refractivity contribution in [1.82, 2.24) is 10.3 Å². The average Bonchev–Trinajstić information content (AvgIpc) is 3.30. The van der Waals surface area contributed by atoms with Gasteiger partial charge >= 0.3 is 0 Å². The lowest BCUT2D eigenvalue weighted by Crippen LogP contribution is -2.42. The topological polar surface area (TPSA) is 63.4 Å². The number of H-pyrrole nitrogens is 1. The number of amides is 1. The van der Waals surface area contributed by atoms with Gasteiger partial charge in [-0.1, -0.05) is 12.1 Å². The SMILES string of the molecule is COc1cccc2c1OCC(NC(=O)c1cc[nH]c1C1CC1)C2. The van der Waals surface area contributed by atoms with Crippen LogP contribution in [0.25, 0.3) is 0 Å². The molecule has 2 aromatic rings. The maximum Gasteiger partial charge on any atom is 0.253 e. The van der Waals surface area contributed by atoms with Gasteiger partial charge in [0.2, 0.25) is 0 Å².